The van der Waals surface area contributed by atoms with Gasteiger partial charge >= 0.3 is 0 Å². The SMILES string of the molecule is CCNC(C)C(C)CCCOc1ccccc1. The molecule has 1 aromatic rings. The maximum absolute atomic E-state index is 5.68. The number of hydrogen-bond donors (Lipinski definition) is 1. The minimum absolute atomic E-state index is 0.594. The molecule has 0 amide bonds. The molecule has 0 saturated carbocycles. The molecule has 0 spiro atoms. The van der Waals surface area contributed by atoms with Gasteiger partial charge in [-0.25, -0.2) is 0 Å². The lowest BCUT2D eigenvalue weighted by molar-refractivity contribution is 0.282. The van der Waals surface area contributed by atoms with Crippen LogP contribution in [0.25, 0.3) is 0 Å². The minimum Gasteiger partial charge on any atom is -0.494 e. The van der Waals surface area contributed by atoms with Gasteiger partial charge in [-0.2, -0.15) is 0 Å². The second-order valence-corrected chi connectivity index (χ2v) is 4.63. The van der Waals surface area contributed by atoms with E-state index in [1.807, 2.05) is 30.3 Å². The predicted molar refractivity (Wildman–Crippen MR) is 73.5 cm³/mol. The summed E-state index contributed by atoms with van der Waals surface area (Å²) in [6, 6.07) is 10.6. The van der Waals surface area contributed by atoms with Gasteiger partial charge in [0.2, 0.25) is 0 Å². The highest BCUT2D eigenvalue weighted by molar-refractivity contribution is 5.20. The number of benzene rings is 1. The van der Waals surface area contributed by atoms with E-state index in [2.05, 4.69) is 26.1 Å². The minimum atomic E-state index is 0.594. The molecule has 0 saturated heterocycles. The van der Waals surface area contributed by atoms with E-state index in [0.717, 1.165) is 25.3 Å². The maximum Gasteiger partial charge on any atom is 0.119 e. The molecule has 1 N–H and O–H groups in total. The largest absolute Gasteiger partial charge is 0.494 e. The molecule has 0 heterocycles. The van der Waals surface area contributed by atoms with Crippen LogP contribution < -0.4 is 10.1 Å². The first-order valence-corrected chi connectivity index (χ1v) is 6.65. The lowest BCUT2D eigenvalue weighted by atomic mass is 9.98. The Morgan fingerprint density at radius 2 is 1.88 bits per heavy atom. The summed E-state index contributed by atoms with van der Waals surface area (Å²) in [4.78, 5) is 0. The van der Waals surface area contributed by atoms with Crippen molar-refractivity contribution in [3.8, 4) is 5.75 Å². The van der Waals surface area contributed by atoms with Crippen LogP contribution in [0.2, 0.25) is 0 Å². The molecule has 17 heavy (non-hydrogen) atoms. The molecule has 2 atom stereocenters. The van der Waals surface area contributed by atoms with Crippen molar-refractivity contribution in [3.05, 3.63) is 30.3 Å². The summed E-state index contributed by atoms with van der Waals surface area (Å²) in [6.07, 6.45) is 2.33. The Morgan fingerprint density at radius 3 is 2.53 bits per heavy atom. The Hall–Kier alpha value is -1.02. The summed E-state index contributed by atoms with van der Waals surface area (Å²) >= 11 is 0. The van der Waals surface area contributed by atoms with E-state index in [-0.39, 0.29) is 0 Å². The molecule has 0 aliphatic carbocycles. The van der Waals surface area contributed by atoms with E-state index in [4.69, 9.17) is 4.74 Å². The highest BCUT2D eigenvalue weighted by atomic mass is 16.5. The Kier molecular flexibility index (Phi) is 6.71. The van der Waals surface area contributed by atoms with Crippen LogP contribution in [-0.2, 0) is 0 Å². The van der Waals surface area contributed by atoms with E-state index >= 15 is 0 Å². The van der Waals surface area contributed by atoms with E-state index in [1.165, 1.54) is 6.42 Å². The van der Waals surface area contributed by atoms with Crippen LogP contribution in [0.1, 0.15) is 33.6 Å². The summed E-state index contributed by atoms with van der Waals surface area (Å²) in [5, 5.41) is 3.46. The van der Waals surface area contributed by atoms with Crippen molar-refractivity contribution in [2.24, 2.45) is 5.92 Å². The highest BCUT2D eigenvalue weighted by Gasteiger charge is 2.10. The summed E-state index contributed by atoms with van der Waals surface area (Å²) in [6.45, 7) is 8.57. The normalized spacial score (nSPS) is 14.3. The van der Waals surface area contributed by atoms with Crippen molar-refractivity contribution in [3.63, 3.8) is 0 Å². The van der Waals surface area contributed by atoms with E-state index in [1.54, 1.807) is 0 Å². The Balaban J connectivity index is 2.12. The smallest absolute Gasteiger partial charge is 0.119 e. The first-order chi connectivity index (χ1) is 8.24. The molecule has 1 aromatic carbocycles. The van der Waals surface area contributed by atoms with Gasteiger partial charge in [-0.1, -0.05) is 32.0 Å². The van der Waals surface area contributed by atoms with E-state index < -0.39 is 0 Å². The third-order valence-corrected chi connectivity index (χ3v) is 3.20. The molecule has 0 fully saturated rings. The third-order valence-electron chi connectivity index (χ3n) is 3.20. The molecule has 0 aliphatic rings. The Morgan fingerprint density at radius 1 is 1.18 bits per heavy atom. The van der Waals surface area contributed by atoms with Crippen LogP contribution in [0.4, 0.5) is 0 Å². The van der Waals surface area contributed by atoms with Crippen molar-refractivity contribution in [1.82, 2.24) is 5.32 Å². The number of para-hydroxylation sites is 1. The average Bonchev–Trinajstić information content (AvgIpc) is 2.36. The summed E-state index contributed by atoms with van der Waals surface area (Å²) in [7, 11) is 0. The topological polar surface area (TPSA) is 21.3 Å². The molecule has 0 radical (unpaired) electrons. The van der Waals surface area contributed by atoms with Crippen LogP contribution in [0.3, 0.4) is 0 Å². The zero-order chi connectivity index (χ0) is 12.5. The summed E-state index contributed by atoms with van der Waals surface area (Å²) < 4.78 is 5.68. The monoisotopic (exact) mass is 235 g/mol. The Bertz CT molecular complexity index is 286. The standard InChI is InChI=1S/C15H25NO/c1-4-16-14(3)13(2)9-8-12-17-15-10-6-5-7-11-15/h5-7,10-11,13-14,16H,4,8-9,12H2,1-3H3. The molecule has 2 heteroatoms. The lowest BCUT2D eigenvalue weighted by Gasteiger charge is -2.20. The molecule has 2 unspecified atom stereocenters. The van der Waals surface area contributed by atoms with Crippen LogP contribution in [0.15, 0.2) is 30.3 Å². The first kappa shape index (κ1) is 14.0. The van der Waals surface area contributed by atoms with Gasteiger partial charge in [-0.3, -0.25) is 0 Å². The average molecular weight is 235 g/mol. The first-order valence-electron chi connectivity index (χ1n) is 6.65. The zero-order valence-corrected chi connectivity index (χ0v) is 11.3. The number of ether oxygens (including phenoxy) is 1. The molecule has 2 nitrogen and oxygen atoms in total. The van der Waals surface area contributed by atoms with Gasteiger partial charge in [0.15, 0.2) is 0 Å². The molecular weight excluding hydrogens is 210 g/mol. The predicted octanol–water partition coefficient (Wildman–Crippen LogP) is 3.48. The van der Waals surface area contributed by atoms with Gasteiger partial charge in [0.1, 0.15) is 5.75 Å². The van der Waals surface area contributed by atoms with Crippen molar-refractivity contribution >= 4 is 0 Å². The van der Waals surface area contributed by atoms with Crippen LogP contribution >= 0.6 is 0 Å². The number of hydrogen-bond acceptors (Lipinski definition) is 2. The molecule has 96 valence electrons. The van der Waals surface area contributed by atoms with E-state index in [9.17, 15) is 0 Å². The fourth-order valence-corrected chi connectivity index (χ4v) is 1.89. The summed E-state index contributed by atoms with van der Waals surface area (Å²) in [5.41, 5.74) is 0. The van der Waals surface area contributed by atoms with Gasteiger partial charge in [0.25, 0.3) is 0 Å². The second-order valence-electron chi connectivity index (χ2n) is 4.63. The number of nitrogens with one attached hydrogen (secondary N) is 1. The van der Waals surface area contributed by atoms with Crippen molar-refractivity contribution in [2.45, 2.75) is 39.7 Å². The van der Waals surface area contributed by atoms with Gasteiger partial charge in [-0.05, 0) is 44.4 Å². The quantitative estimate of drug-likeness (QED) is 0.697. The molecule has 0 aromatic heterocycles. The lowest BCUT2D eigenvalue weighted by Crippen LogP contribution is -2.31. The summed E-state index contributed by atoms with van der Waals surface area (Å²) in [5.74, 6) is 1.68. The maximum atomic E-state index is 5.68. The van der Waals surface area contributed by atoms with Crippen molar-refractivity contribution < 1.29 is 4.74 Å². The van der Waals surface area contributed by atoms with Gasteiger partial charge in [0.05, 0.1) is 6.61 Å². The van der Waals surface area contributed by atoms with Crippen LogP contribution in [0.5, 0.6) is 5.75 Å². The van der Waals surface area contributed by atoms with Crippen LogP contribution in [0, 0.1) is 5.92 Å². The van der Waals surface area contributed by atoms with E-state index in [0.29, 0.717) is 12.0 Å². The molecule has 0 aliphatic heterocycles. The van der Waals surface area contributed by atoms with Crippen molar-refractivity contribution in [2.75, 3.05) is 13.2 Å². The van der Waals surface area contributed by atoms with Gasteiger partial charge in [0, 0.05) is 6.04 Å². The Labute approximate surface area is 105 Å². The molecule has 0 bridgehead atoms. The van der Waals surface area contributed by atoms with Gasteiger partial charge < -0.3 is 10.1 Å². The zero-order valence-electron chi connectivity index (χ0n) is 11.3. The van der Waals surface area contributed by atoms with Gasteiger partial charge in [-0.15, -0.1) is 0 Å². The highest BCUT2D eigenvalue weighted by Crippen LogP contribution is 2.13. The molecular formula is C15H25NO. The van der Waals surface area contributed by atoms with Crippen molar-refractivity contribution in [1.29, 1.82) is 0 Å². The fourth-order valence-electron chi connectivity index (χ4n) is 1.89. The molecule has 1 rings (SSSR count). The fraction of sp³-hybridized carbons (Fsp3) is 0.600. The number of rotatable bonds is 8. The third kappa shape index (κ3) is 5.73. The van der Waals surface area contributed by atoms with Crippen LogP contribution in [-0.4, -0.2) is 19.2 Å². The second kappa shape index (κ2) is 8.13.